The Hall–Kier alpha value is -1.39. The molecule has 1 unspecified atom stereocenters. The number of aliphatic carboxylic acids is 1. The molecule has 1 aromatic carbocycles. The minimum Gasteiger partial charge on any atom is -0.479 e. The zero-order valence-corrected chi connectivity index (χ0v) is 13.2. The molecule has 2 atom stereocenters. The van der Waals surface area contributed by atoms with Gasteiger partial charge >= 0.3 is 5.97 Å². The molecule has 120 valence electrons. The van der Waals surface area contributed by atoms with E-state index in [1.807, 2.05) is 30.3 Å². The van der Waals surface area contributed by atoms with Crippen molar-refractivity contribution >= 4 is 5.97 Å². The fraction of sp³-hybridized carbons (Fsp3) is 0.611. The lowest BCUT2D eigenvalue weighted by molar-refractivity contribution is -0.187. The van der Waals surface area contributed by atoms with Crippen molar-refractivity contribution in [2.45, 2.75) is 43.8 Å². The SMILES string of the molecule is CN1CCC(O[C@](C(=O)O)(c2ccccc2)C2CCCC2)C1. The van der Waals surface area contributed by atoms with Gasteiger partial charge in [0.2, 0.25) is 0 Å². The fourth-order valence-electron chi connectivity index (χ4n) is 4.02. The third kappa shape index (κ3) is 2.77. The van der Waals surface area contributed by atoms with Gasteiger partial charge in [-0.1, -0.05) is 43.2 Å². The van der Waals surface area contributed by atoms with E-state index >= 15 is 0 Å². The first-order valence-corrected chi connectivity index (χ1v) is 8.28. The summed E-state index contributed by atoms with van der Waals surface area (Å²) in [5.41, 5.74) is -0.392. The third-order valence-corrected chi connectivity index (χ3v) is 5.15. The lowest BCUT2D eigenvalue weighted by atomic mass is 9.79. The van der Waals surface area contributed by atoms with Crippen molar-refractivity contribution in [3.63, 3.8) is 0 Å². The van der Waals surface area contributed by atoms with Crippen molar-refractivity contribution in [1.29, 1.82) is 0 Å². The van der Waals surface area contributed by atoms with Crippen LogP contribution < -0.4 is 0 Å². The molecule has 0 aromatic heterocycles. The molecule has 1 saturated carbocycles. The van der Waals surface area contributed by atoms with Gasteiger partial charge in [-0.05, 0) is 31.9 Å². The van der Waals surface area contributed by atoms with Crippen molar-refractivity contribution in [3.05, 3.63) is 35.9 Å². The number of likely N-dealkylation sites (N-methyl/N-ethyl adjacent to an activating group) is 1. The quantitative estimate of drug-likeness (QED) is 0.908. The number of likely N-dealkylation sites (tertiary alicyclic amines) is 1. The summed E-state index contributed by atoms with van der Waals surface area (Å²) in [6, 6.07) is 9.56. The molecule has 1 N–H and O–H groups in total. The minimum absolute atomic E-state index is 0.00176. The van der Waals surface area contributed by atoms with Gasteiger partial charge in [0, 0.05) is 19.0 Å². The Morgan fingerprint density at radius 3 is 2.45 bits per heavy atom. The van der Waals surface area contributed by atoms with E-state index in [9.17, 15) is 9.90 Å². The number of benzene rings is 1. The topological polar surface area (TPSA) is 49.8 Å². The number of carboxylic acid groups (broad SMARTS) is 1. The number of rotatable bonds is 5. The molecule has 2 fully saturated rings. The van der Waals surface area contributed by atoms with Crippen molar-refractivity contribution in [2.75, 3.05) is 20.1 Å². The van der Waals surface area contributed by atoms with Gasteiger partial charge in [-0.25, -0.2) is 4.79 Å². The Morgan fingerprint density at radius 1 is 1.23 bits per heavy atom. The maximum Gasteiger partial charge on any atom is 0.340 e. The summed E-state index contributed by atoms with van der Waals surface area (Å²) < 4.78 is 6.36. The van der Waals surface area contributed by atoms with Crippen molar-refractivity contribution in [2.24, 2.45) is 5.92 Å². The van der Waals surface area contributed by atoms with Crippen LogP contribution >= 0.6 is 0 Å². The molecule has 1 aliphatic heterocycles. The average molecular weight is 303 g/mol. The molecule has 0 bridgehead atoms. The average Bonchev–Trinajstić information content (AvgIpc) is 3.17. The maximum absolute atomic E-state index is 12.3. The molecule has 1 heterocycles. The molecule has 3 rings (SSSR count). The fourth-order valence-corrected chi connectivity index (χ4v) is 4.02. The second kappa shape index (κ2) is 6.39. The van der Waals surface area contributed by atoms with Gasteiger partial charge in [0.25, 0.3) is 0 Å². The van der Waals surface area contributed by atoms with Crippen molar-refractivity contribution < 1.29 is 14.6 Å². The molecule has 1 saturated heterocycles. The van der Waals surface area contributed by atoms with Crippen molar-refractivity contribution in [1.82, 2.24) is 4.90 Å². The van der Waals surface area contributed by atoms with E-state index in [1.165, 1.54) is 0 Å². The molecule has 0 radical (unpaired) electrons. The van der Waals surface area contributed by atoms with Crippen LogP contribution in [-0.4, -0.2) is 42.2 Å². The number of hydrogen-bond donors (Lipinski definition) is 1. The number of hydrogen-bond acceptors (Lipinski definition) is 3. The molecule has 22 heavy (non-hydrogen) atoms. The number of nitrogens with zero attached hydrogens (tertiary/aromatic N) is 1. The van der Waals surface area contributed by atoms with Crippen LogP contribution in [0.4, 0.5) is 0 Å². The molecule has 1 aliphatic carbocycles. The van der Waals surface area contributed by atoms with Gasteiger partial charge in [-0.3, -0.25) is 0 Å². The Balaban J connectivity index is 1.97. The Morgan fingerprint density at radius 2 is 1.91 bits per heavy atom. The van der Waals surface area contributed by atoms with E-state index in [0.29, 0.717) is 0 Å². The second-order valence-corrected chi connectivity index (χ2v) is 6.68. The van der Waals surface area contributed by atoms with E-state index < -0.39 is 11.6 Å². The number of carboxylic acids is 1. The summed E-state index contributed by atoms with van der Waals surface area (Å²) >= 11 is 0. The molecule has 0 amide bonds. The lowest BCUT2D eigenvalue weighted by Crippen LogP contribution is -2.47. The van der Waals surface area contributed by atoms with Gasteiger partial charge in [0.05, 0.1) is 6.10 Å². The van der Waals surface area contributed by atoms with Crippen LogP contribution in [0.1, 0.15) is 37.7 Å². The summed E-state index contributed by atoms with van der Waals surface area (Å²) in [6.45, 7) is 1.79. The minimum atomic E-state index is -1.19. The zero-order chi connectivity index (χ0) is 15.6. The van der Waals surface area contributed by atoms with Crippen LogP contribution in [-0.2, 0) is 15.1 Å². The molecule has 1 aromatic rings. The van der Waals surface area contributed by atoms with Gasteiger partial charge in [0.1, 0.15) is 0 Å². The van der Waals surface area contributed by atoms with Crippen LogP contribution in [0, 0.1) is 5.92 Å². The maximum atomic E-state index is 12.3. The highest BCUT2D eigenvalue weighted by Crippen LogP contribution is 2.45. The molecular weight excluding hydrogens is 278 g/mol. The smallest absolute Gasteiger partial charge is 0.340 e. The van der Waals surface area contributed by atoms with Crippen LogP contribution in [0.2, 0.25) is 0 Å². The van der Waals surface area contributed by atoms with Crippen LogP contribution in [0.3, 0.4) is 0 Å². The molecule has 0 spiro atoms. The van der Waals surface area contributed by atoms with Gasteiger partial charge < -0.3 is 14.7 Å². The largest absolute Gasteiger partial charge is 0.479 e. The van der Waals surface area contributed by atoms with Gasteiger partial charge in [-0.15, -0.1) is 0 Å². The summed E-state index contributed by atoms with van der Waals surface area (Å²) in [6.07, 6.45) is 4.97. The molecule has 2 aliphatic rings. The van der Waals surface area contributed by atoms with E-state index in [0.717, 1.165) is 50.8 Å². The molecule has 4 heteroatoms. The summed E-state index contributed by atoms with van der Waals surface area (Å²) in [5, 5.41) is 10.1. The standard InChI is InChI=1S/C18H25NO3/c1-19-12-11-16(13-19)22-18(17(20)21,15-9-5-6-10-15)14-7-3-2-4-8-14/h2-4,7-8,15-16H,5-6,9-13H2,1H3,(H,20,21)/t16?,18-/m1/s1. The van der Waals surface area contributed by atoms with Gasteiger partial charge in [0.15, 0.2) is 5.60 Å². The predicted molar refractivity (Wildman–Crippen MR) is 84.7 cm³/mol. The zero-order valence-electron chi connectivity index (χ0n) is 13.2. The third-order valence-electron chi connectivity index (χ3n) is 5.15. The lowest BCUT2D eigenvalue weighted by Gasteiger charge is -2.38. The molecular formula is C18H25NO3. The molecule has 4 nitrogen and oxygen atoms in total. The van der Waals surface area contributed by atoms with Gasteiger partial charge in [-0.2, -0.15) is 0 Å². The van der Waals surface area contributed by atoms with Crippen molar-refractivity contribution in [3.8, 4) is 0 Å². The van der Waals surface area contributed by atoms with E-state index in [4.69, 9.17) is 4.74 Å². The second-order valence-electron chi connectivity index (χ2n) is 6.68. The highest BCUT2D eigenvalue weighted by Gasteiger charge is 2.51. The first kappa shape index (κ1) is 15.5. The van der Waals surface area contributed by atoms with Crippen LogP contribution in [0.5, 0.6) is 0 Å². The van der Waals surface area contributed by atoms with E-state index in [-0.39, 0.29) is 12.0 Å². The monoisotopic (exact) mass is 303 g/mol. The van der Waals surface area contributed by atoms with E-state index in [1.54, 1.807) is 0 Å². The normalized spacial score (nSPS) is 26.1. The Bertz CT molecular complexity index is 512. The first-order chi connectivity index (χ1) is 10.6. The summed E-state index contributed by atoms with van der Waals surface area (Å²) in [4.78, 5) is 14.5. The van der Waals surface area contributed by atoms with E-state index in [2.05, 4.69) is 11.9 Å². The van der Waals surface area contributed by atoms with Crippen LogP contribution in [0.15, 0.2) is 30.3 Å². The summed E-state index contributed by atoms with van der Waals surface area (Å²) in [7, 11) is 2.06. The highest BCUT2D eigenvalue weighted by molar-refractivity contribution is 5.80. The Labute approximate surface area is 132 Å². The number of ether oxygens (including phenoxy) is 1. The van der Waals surface area contributed by atoms with Crippen LogP contribution in [0.25, 0.3) is 0 Å². The Kier molecular flexibility index (Phi) is 4.50. The first-order valence-electron chi connectivity index (χ1n) is 8.28. The highest BCUT2D eigenvalue weighted by atomic mass is 16.5. The predicted octanol–water partition coefficient (Wildman–Crippen LogP) is 2.88. The summed E-state index contributed by atoms with van der Waals surface area (Å²) in [5.74, 6) is -0.765. The number of carbonyl (C=O) groups is 1.